The van der Waals surface area contributed by atoms with Gasteiger partial charge in [-0.25, -0.2) is 0 Å². The van der Waals surface area contributed by atoms with Crippen LogP contribution in [0.15, 0.2) is 47.6 Å². The average Bonchev–Trinajstić information content (AvgIpc) is 2.50. The Morgan fingerprint density at radius 2 is 1.90 bits per heavy atom. The molecule has 0 spiro atoms. The van der Waals surface area contributed by atoms with Crippen molar-refractivity contribution in [2.45, 2.75) is 6.54 Å². The normalized spacial score (nSPS) is 11.5. The van der Waals surface area contributed by atoms with Crippen molar-refractivity contribution in [1.29, 1.82) is 0 Å². The fourth-order valence-corrected chi connectivity index (χ4v) is 2.39. The summed E-state index contributed by atoms with van der Waals surface area (Å²) in [5.41, 5.74) is 8.25. The Kier molecular flexibility index (Phi) is 4.94. The summed E-state index contributed by atoms with van der Waals surface area (Å²) >= 11 is 11.9. The van der Waals surface area contributed by atoms with Gasteiger partial charge < -0.3 is 15.8 Å². The number of hydrogen-bond donors (Lipinski definition) is 2. The zero-order chi connectivity index (χ0) is 15.4. The smallest absolute Gasteiger partial charge is 0.172 e. The van der Waals surface area contributed by atoms with E-state index in [1.165, 1.54) is 0 Å². The molecule has 0 aliphatic rings. The maximum Gasteiger partial charge on any atom is 0.172 e. The number of benzene rings is 2. The fraction of sp³-hybridized carbons (Fsp3) is 0.133. The van der Waals surface area contributed by atoms with Crippen LogP contribution in [0, 0.1) is 0 Å². The lowest BCUT2D eigenvalue weighted by Gasteiger charge is -2.22. The summed E-state index contributed by atoms with van der Waals surface area (Å²) in [5, 5.41) is 13.0. The van der Waals surface area contributed by atoms with Gasteiger partial charge in [-0.3, -0.25) is 0 Å². The molecule has 0 atom stereocenters. The highest BCUT2D eigenvalue weighted by Crippen LogP contribution is 2.25. The van der Waals surface area contributed by atoms with Crippen molar-refractivity contribution in [3.05, 3.63) is 63.6 Å². The molecule has 2 aromatic rings. The number of oxime groups is 1. The second-order valence-electron chi connectivity index (χ2n) is 4.61. The van der Waals surface area contributed by atoms with Crippen molar-refractivity contribution >= 4 is 34.7 Å². The molecule has 0 fully saturated rings. The lowest BCUT2D eigenvalue weighted by molar-refractivity contribution is 0.318. The predicted molar refractivity (Wildman–Crippen MR) is 87.5 cm³/mol. The minimum atomic E-state index is 0.0755. The van der Waals surface area contributed by atoms with E-state index in [0.29, 0.717) is 22.2 Å². The van der Waals surface area contributed by atoms with Crippen LogP contribution in [0.5, 0.6) is 0 Å². The Morgan fingerprint density at radius 1 is 1.19 bits per heavy atom. The van der Waals surface area contributed by atoms with Crippen LogP contribution in [0.2, 0.25) is 10.0 Å². The molecule has 0 aliphatic heterocycles. The molecule has 0 amide bonds. The van der Waals surface area contributed by atoms with E-state index >= 15 is 0 Å². The zero-order valence-electron chi connectivity index (χ0n) is 11.4. The van der Waals surface area contributed by atoms with E-state index in [-0.39, 0.29) is 5.84 Å². The summed E-state index contributed by atoms with van der Waals surface area (Å²) in [6, 6.07) is 12.9. The van der Waals surface area contributed by atoms with Gasteiger partial charge in [0.25, 0.3) is 0 Å². The molecule has 3 N–H and O–H groups in total. The lowest BCUT2D eigenvalue weighted by atomic mass is 10.1. The molecule has 2 aromatic carbocycles. The van der Waals surface area contributed by atoms with Crippen molar-refractivity contribution in [1.82, 2.24) is 0 Å². The molecule has 0 heterocycles. The Balaban J connectivity index is 2.28. The van der Waals surface area contributed by atoms with Crippen molar-refractivity contribution in [2.24, 2.45) is 10.9 Å². The number of amidine groups is 1. The van der Waals surface area contributed by atoms with Gasteiger partial charge in [0.15, 0.2) is 5.84 Å². The second-order valence-corrected chi connectivity index (χ2v) is 5.42. The van der Waals surface area contributed by atoms with Gasteiger partial charge in [-0.1, -0.05) is 46.6 Å². The van der Waals surface area contributed by atoms with Crippen molar-refractivity contribution in [3.63, 3.8) is 0 Å². The number of para-hydroxylation sites is 1. The first kappa shape index (κ1) is 15.5. The molecular formula is C15H15Cl2N3O. The summed E-state index contributed by atoms with van der Waals surface area (Å²) in [7, 11) is 1.92. The summed E-state index contributed by atoms with van der Waals surface area (Å²) in [6.07, 6.45) is 0. The van der Waals surface area contributed by atoms with Crippen LogP contribution in [0.4, 0.5) is 5.69 Å². The quantitative estimate of drug-likeness (QED) is 0.390. The summed E-state index contributed by atoms with van der Waals surface area (Å²) in [6.45, 7) is 0.618. The van der Waals surface area contributed by atoms with Gasteiger partial charge in [0.2, 0.25) is 0 Å². The molecule has 0 bridgehead atoms. The highest BCUT2D eigenvalue weighted by atomic mass is 35.5. The number of nitrogens with two attached hydrogens (primary N) is 1. The van der Waals surface area contributed by atoms with Crippen molar-refractivity contribution in [2.75, 3.05) is 11.9 Å². The van der Waals surface area contributed by atoms with Gasteiger partial charge in [-0.05, 0) is 29.8 Å². The highest BCUT2D eigenvalue weighted by Gasteiger charge is 2.11. The maximum absolute atomic E-state index is 8.86. The van der Waals surface area contributed by atoms with E-state index in [9.17, 15) is 0 Å². The van der Waals surface area contributed by atoms with Crippen LogP contribution in [0.3, 0.4) is 0 Å². The predicted octanol–water partition coefficient (Wildman–Crippen LogP) is 3.72. The second kappa shape index (κ2) is 6.70. The standard InChI is InChI=1S/C15H15Cl2N3O/c1-20(9-10-6-7-12(16)13(17)8-10)14-5-3-2-4-11(14)15(18)19-21/h2-8,21H,9H2,1H3,(H2,18,19). The van der Waals surface area contributed by atoms with Gasteiger partial charge in [0.1, 0.15) is 0 Å². The zero-order valence-corrected chi connectivity index (χ0v) is 12.9. The van der Waals surface area contributed by atoms with Crippen LogP contribution in [-0.4, -0.2) is 18.1 Å². The first-order valence-corrected chi connectivity index (χ1v) is 7.00. The first-order valence-electron chi connectivity index (χ1n) is 6.25. The van der Waals surface area contributed by atoms with E-state index in [2.05, 4.69) is 5.16 Å². The van der Waals surface area contributed by atoms with Gasteiger partial charge in [-0.2, -0.15) is 0 Å². The van der Waals surface area contributed by atoms with Crippen LogP contribution in [0.1, 0.15) is 11.1 Å². The van der Waals surface area contributed by atoms with Crippen LogP contribution in [0.25, 0.3) is 0 Å². The molecule has 6 heteroatoms. The van der Waals surface area contributed by atoms with Crippen LogP contribution >= 0.6 is 23.2 Å². The van der Waals surface area contributed by atoms with E-state index in [0.717, 1.165) is 11.3 Å². The molecule has 110 valence electrons. The van der Waals surface area contributed by atoms with Crippen molar-refractivity contribution in [3.8, 4) is 0 Å². The summed E-state index contributed by atoms with van der Waals surface area (Å²) in [4.78, 5) is 1.99. The van der Waals surface area contributed by atoms with Crippen LogP contribution in [-0.2, 0) is 6.54 Å². The number of hydrogen-bond acceptors (Lipinski definition) is 3. The largest absolute Gasteiger partial charge is 0.409 e. The Bertz CT molecular complexity index is 674. The van der Waals surface area contributed by atoms with Crippen LogP contribution < -0.4 is 10.6 Å². The van der Waals surface area contributed by atoms with Crippen molar-refractivity contribution < 1.29 is 5.21 Å². The van der Waals surface area contributed by atoms with Gasteiger partial charge in [-0.15, -0.1) is 0 Å². The molecule has 0 unspecified atom stereocenters. The number of rotatable bonds is 4. The van der Waals surface area contributed by atoms with E-state index < -0.39 is 0 Å². The lowest BCUT2D eigenvalue weighted by Crippen LogP contribution is -2.22. The SMILES string of the molecule is CN(Cc1ccc(Cl)c(Cl)c1)c1ccccc1/C(N)=N/O. The Hall–Kier alpha value is -1.91. The summed E-state index contributed by atoms with van der Waals surface area (Å²) < 4.78 is 0. The van der Waals surface area contributed by atoms with E-state index in [1.54, 1.807) is 12.1 Å². The first-order chi connectivity index (χ1) is 10.0. The highest BCUT2D eigenvalue weighted by molar-refractivity contribution is 6.42. The van der Waals surface area contributed by atoms with E-state index in [1.807, 2.05) is 42.3 Å². The molecule has 4 nitrogen and oxygen atoms in total. The molecule has 0 radical (unpaired) electrons. The third-order valence-corrected chi connectivity index (χ3v) is 3.84. The third-order valence-electron chi connectivity index (χ3n) is 3.10. The molecule has 0 saturated heterocycles. The molecule has 0 aliphatic carbocycles. The Morgan fingerprint density at radius 3 is 2.57 bits per heavy atom. The number of nitrogens with zero attached hydrogens (tertiary/aromatic N) is 2. The number of halogens is 2. The minimum Gasteiger partial charge on any atom is -0.409 e. The maximum atomic E-state index is 8.86. The van der Waals surface area contributed by atoms with Gasteiger partial charge in [0, 0.05) is 24.8 Å². The fourth-order valence-electron chi connectivity index (χ4n) is 2.07. The van der Waals surface area contributed by atoms with Gasteiger partial charge >= 0.3 is 0 Å². The average molecular weight is 324 g/mol. The van der Waals surface area contributed by atoms with Gasteiger partial charge in [0.05, 0.1) is 10.0 Å². The molecule has 0 saturated carbocycles. The summed E-state index contributed by atoms with van der Waals surface area (Å²) in [5.74, 6) is 0.0755. The molecule has 0 aromatic heterocycles. The minimum absolute atomic E-state index is 0.0755. The molecule has 2 rings (SSSR count). The number of anilines is 1. The molecular weight excluding hydrogens is 309 g/mol. The monoisotopic (exact) mass is 323 g/mol. The van der Waals surface area contributed by atoms with E-state index in [4.69, 9.17) is 34.1 Å². The third kappa shape index (κ3) is 3.60. The Labute approximate surface area is 133 Å². The molecule has 21 heavy (non-hydrogen) atoms. The topological polar surface area (TPSA) is 61.8 Å².